The van der Waals surface area contributed by atoms with Gasteiger partial charge in [0.15, 0.2) is 0 Å². The Morgan fingerprint density at radius 3 is 2.70 bits per heavy atom. The number of aromatic nitrogens is 1. The average molecular weight is 366 g/mol. The van der Waals surface area contributed by atoms with Crippen molar-refractivity contribution in [3.8, 4) is 11.8 Å². The van der Waals surface area contributed by atoms with Crippen LogP contribution in [0.3, 0.4) is 0 Å². The van der Waals surface area contributed by atoms with E-state index in [4.69, 9.17) is 10.00 Å². The Labute approximate surface area is 160 Å². The molecule has 0 saturated carbocycles. The van der Waals surface area contributed by atoms with E-state index in [1.165, 1.54) is 0 Å². The van der Waals surface area contributed by atoms with Crippen LogP contribution < -0.4 is 10.1 Å². The van der Waals surface area contributed by atoms with Gasteiger partial charge in [-0.3, -0.25) is 9.78 Å². The van der Waals surface area contributed by atoms with Crippen molar-refractivity contribution in [1.82, 2.24) is 9.88 Å². The highest BCUT2D eigenvalue weighted by molar-refractivity contribution is 5.95. The number of pyridine rings is 1. The molecule has 1 aromatic heterocycles. The average Bonchev–Trinajstić information content (AvgIpc) is 2.65. The van der Waals surface area contributed by atoms with Crippen LogP contribution >= 0.6 is 0 Å². The van der Waals surface area contributed by atoms with Crippen molar-refractivity contribution in [2.45, 2.75) is 33.2 Å². The number of hydrogen-bond donors (Lipinski definition) is 1. The Hall–Kier alpha value is -3.07. The van der Waals surface area contributed by atoms with E-state index in [0.29, 0.717) is 37.4 Å². The zero-order chi connectivity index (χ0) is 19.6. The van der Waals surface area contributed by atoms with Gasteiger partial charge in [0.2, 0.25) is 0 Å². The predicted molar refractivity (Wildman–Crippen MR) is 106 cm³/mol. The molecule has 0 unspecified atom stereocenters. The number of carbonyl (C=O) groups is 1. The maximum atomic E-state index is 12.9. The molecule has 1 aromatic carbocycles. The summed E-state index contributed by atoms with van der Waals surface area (Å²) in [6, 6.07) is 11.5. The molecule has 0 saturated heterocycles. The third-order valence-corrected chi connectivity index (χ3v) is 4.03. The Balaban J connectivity index is 1.99. The molecule has 0 radical (unpaired) electrons. The van der Waals surface area contributed by atoms with Gasteiger partial charge >= 0.3 is 0 Å². The van der Waals surface area contributed by atoms with Gasteiger partial charge in [-0.05, 0) is 56.7 Å². The Morgan fingerprint density at radius 2 is 2.04 bits per heavy atom. The van der Waals surface area contributed by atoms with Crippen LogP contribution in [0.2, 0.25) is 0 Å². The summed E-state index contributed by atoms with van der Waals surface area (Å²) < 4.78 is 5.82. The first kappa shape index (κ1) is 20.2. The van der Waals surface area contributed by atoms with Crippen molar-refractivity contribution in [2.24, 2.45) is 0 Å². The molecule has 1 N–H and O–H groups in total. The lowest BCUT2D eigenvalue weighted by Gasteiger charge is -2.26. The summed E-state index contributed by atoms with van der Waals surface area (Å²) in [6.45, 7) is 7.38. The number of hydrogen-bond acceptors (Lipinski definition) is 5. The lowest BCUT2D eigenvalue weighted by molar-refractivity contribution is 0.0709. The van der Waals surface area contributed by atoms with Gasteiger partial charge in [-0.1, -0.05) is 0 Å². The highest BCUT2D eigenvalue weighted by Gasteiger charge is 2.19. The van der Waals surface area contributed by atoms with Crippen LogP contribution in [0.15, 0.2) is 42.7 Å². The zero-order valence-electron chi connectivity index (χ0n) is 16.1. The van der Waals surface area contributed by atoms with E-state index in [9.17, 15) is 4.79 Å². The van der Waals surface area contributed by atoms with Crippen molar-refractivity contribution in [3.05, 3.63) is 53.9 Å². The van der Waals surface area contributed by atoms with E-state index in [0.717, 1.165) is 11.3 Å². The smallest absolute Gasteiger partial charge is 0.254 e. The molecule has 2 aromatic rings. The minimum Gasteiger partial charge on any atom is -0.492 e. The lowest BCUT2D eigenvalue weighted by Crippen LogP contribution is -2.37. The predicted octanol–water partition coefficient (Wildman–Crippen LogP) is 3.65. The maximum Gasteiger partial charge on any atom is 0.254 e. The highest BCUT2D eigenvalue weighted by Crippen LogP contribution is 2.19. The fraction of sp³-hybridized carbons (Fsp3) is 0.381. The highest BCUT2D eigenvalue weighted by atomic mass is 16.5. The summed E-state index contributed by atoms with van der Waals surface area (Å²) in [5.41, 5.74) is 2.53. The normalized spacial score (nSPS) is 10.3. The quantitative estimate of drug-likeness (QED) is 0.686. The minimum atomic E-state index is -0.0799. The summed E-state index contributed by atoms with van der Waals surface area (Å²) >= 11 is 0. The van der Waals surface area contributed by atoms with Gasteiger partial charge in [-0.25, -0.2) is 0 Å². The van der Waals surface area contributed by atoms with Crippen LogP contribution in [0.5, 0.6) is 5.75 Å². The SMILES string of the molecule is Cc1cc(OCCNc2ccncc2)cc(C(=O)N(CCC#N)C(C)C)c1. The molecule has 6 nitrogen and oxygen atoms in total. The van der Waals surface area contributed by atoms with Gasteiger partial charge in [-0.15, -0.1) is 0 Å². The Morgan fingerprint density at radius 1 is 1.30 bits per heavy atom. The number of aryl methyl sites for hydroxylation is 1. The van der Waals surface area contributed by atoms with Crippen molar-refractivity contribution in [2.75, 3.05) is 25.0 Å². The molecule has 1 amide bonds. The third kappa shape index (κ3) is 6.30. The summed E-state index contributed by atoms with van der Waals surface area (Å²) in [5, 5.41) is 12.1. The van der Waals surface area contributed by atoms with Crippen molar-refractivity contribution in [3.63, 3.8) is 0 Å². The molecule has 2 rings (SSSR count). The maximum absolute atomic E-state index is 12.9. The lowest BCUT2D eigenvalue weighted by atomic mass is 10.1. The molecule has 0 aliphatic heterocycles. The molecular weight excluding hydrogens is 340 g/mol. The molecule has 27 heavy (non-hydrogen) atoms. The number of ether oxygens (including phenoxy) is 1. The van der Waals surface area contributed by atoms with Crippen LogP contribution in [0, 0.1) is 18.3 Å². The Kier molecular flexibility index (Phi) is 7.63. The number of rotatable bonds is 9. The van der Waals surface area contributed by atoms with Crippen molar-refractivity contribution < 1.29 is 9.53 Å². The first-order valence-electron chi connectivity index (χ1n) is 9.07. The number of nitrogens with one attached hydrogen (secondary N) is 1. The fourth-order valence-electron chi connectivity index (χ4n) is 2.72. The molecule has 0 fully saturated rings. The summed E-state index contributed by atoms with van der Waals surface area (Å²) in [7, 11) is 0. The fourth-order valence-corrected chi connectivity index (χ4v) is 2.72. The van der Waals surface area contributed by atoms with Crippen LogP contribution in [0.4, 0.5) is 5.69 Å². The molecule has 0 aliphatic rings. The molecule has 1 heterocycles. The van der Waals surface area contributed by atoms with E-state index in [-0.39, 0.29) is 11.9 Å². The molecular formula is C21H26N4O2. The molecule has 0 spiro atoms. The van der Waals surface area contributed by atoms with Crippen molar-refractivity contribution in [1.29, 1.82) is 5.26 Å². The number of benzene rings is 1. The second-order valence-electron chi connectivity index (χ2n) is 6.55. The minimum absolute atomic E-state index is 0.0280. The van der Waals surface area contributed by atoms with Gasteiger partial charge in [0.05, 0.1) is 12.5 Å². The number of nitrogens with zero attached hydrogens (tertiary/aromatic N) is 3. The van der Waals surface area contributed by atoms with Crippen LogP contribution in [0.25, 0.3) is 0 Å². The van der Waals surface area contributed by atoms with Crippen LogP contribution in [-0.4, -0.2) is 41.5 Å². The standard InChI is InChI=1S/C21H26N4O2/c1-16(2)25(11-4-7-22)21(26)18-13-17(3)14-20(15-18)27-12-10-24-19-5-8-23-9-6-19/h5-6,8-9,13-16H,4,10-12H2,1-3H3,(H,23,24). The molecule has 0 aliphatic carbocycles. The first-order chi connectivity index (χ1) is 13.0. The second kappa shape index (κ2) is 10.2. The molecule has 142 valence electrons. The van der Waals surface area contributed by atoms with Gasteiger partial charge in [-0.2, -0.15) is 5.26 Å². The van der Waals surface area contributed by atoms with E-state index in [1.807, 2.05) is 45.0 Å². The monoisotopic (exact) mass is 366 g/mol. The third-order valence-electron chi connectivity index (χ3n) is 4.03. The van der Waals surface area contributed by atoms with Gasteiger partial charge in [0, 0.05) is 42.8 Å². The summed E-state index contributed by atoms with van der Waals surface area (Å²) in [4.78, 5) is 18.5. The number of carbonyl (C=O) groups excluding carboxylic acids is 1. The number of amides is 1. The van der Waals surface area contributed by atoms with E-state index >= 15 is 0 Å². The van der Waals surface area contributed by atoms with Gasteiger partial charge in [0.25, 0.3) is 5.91 Å². The molecule has 6 heteroatoms. The Bertz CT molecular complexity index is 785. The number of nitriles is 1. The van der Waals surface area contributed by atoms with Crippen molar-refractivity contribution >= 4 is 11.6 Å². The second-order valence-corrected chi connectivity index (χ2v) is 6.55. The summed E-state index contributed by atoms with van der Waals surface area (Å²) in [5.74, 6) is 0.586. The van der Waals surface area contributed by atoms with Crippen LogP contribution in [0.1, 0.15) is 36.2 Å². The molecule has 0 bridgehead atoms. The van der Waals surface area contributed by atoms with E-state index in [2.05, 4.69) is 16.4 Å². The van der Waals surface area contributed by atoms with Crippen LogP contribution in [-0.2, 0) is 0 Å². The number of anilines is 1. The van der Waals surface area contributed by atoms with Gasteiger partial charge in [0.1, 0.15) is 12.4 Å². The zero-order valence-corrected chi connectivity index (χ0v) is 16.1. The molecule has 0 atom stereocenters. The summed E-state index contributed by atoms with van der Waals surface area (Å²) in [6.07, 6.45) is 3.78. The van der Waals surface area contributed by atoms with E-state index < -0.39 is 0 Å². The topological polar surface area (TPSA) is 78.2 Å². The largest absolute Gasteiger partial charge is 0.492 e. The first-order valence-corrected chi connectivity index (χ1v) is 9.07. The van der Waals surface area contributed by atoms with Gasteiger partial charge < -0.3 is 15.0 Å². The van der Waals surface area contributed by atoms with E-state index in [1.54, 1.807) is 23.4 Å².